The van der Waals surface area contributed by atoms with Crippen LogP contribution < -0.4 is 5.32 Å². The Hall–Kier alpha value is -0.680. The molecule has 0 amide bonds. The SMILES string of the molecule is O=C(O)C1(F)CCCN(C2CCNCC2)CC1. The van der Waals surface area contributed by atoms with Gasteiger partial charge in [-0.3, -0.25) is 0 Å². The van der Waals surface area contributed by atoms with Crippen LogP contribution in [0, 0.1) is 0 Å². The van der Waals surface area contributed by atoms with Crippen LogP contribution in [0.1, 0.15) is 32.1 Å². The molecule has 2 N–H and O–H groups in total. The lowest BCUT2D eigenvalue weighted by atomic mass is 9.97. The number of rotatable bonds is 2. The van der Waals surface area contributed by atoms with E-state index in [-0.39, 0.29) is 12.8 Å². The number of alkyl halides is 1. The van der Waals surface area contributed by atoms with E-state index in [0.717, 1.165) is 32.5 Å². The summed E-state index contributed by atoms with van der Waals surface area (Å²) < 4.78 is 14.1. The molecule has 0 bridgehead atoms. The zero-order valence-corrected chi connectivity index (χ0v) is 10.1. The fourth-order valence-electron chi connectivity index (χ4n) is 2.87. The lowest BCUT2D eigenvalue weighted by Crippen LogP contribution is -2.44. The van der Waals surface area contributed by atoms with Crippen molar-refractivity contribution >= 4 is 5.97 Å². The lowest BCUT2D eigenvalue weighted by molar-refractivity contribution is -0.151. The summed E-state index contributed by atoms with van der Waals surface area (Å²) in [6, 6.07) is 0.507. The smallest absolute Gasteiger partial charge is 0.341 e. The van der Waals surface area contributed by atoms with E-state index < -0.39 is 11.6 Å². The highest BCUT2D eigenvalue weighted by Crippen LogP contribution is 2.28. The van der Waals surface area contributed by atoms with Gasteiger partial charge >= 0.3 is 5.97 Å². The van der Waals surface area contributed by atoms with Gasteiger partial charge in [0.05, 0.1) is 0 Å². The number of aliphatic carboxylic acids is 1. The molecular formula is C12H21FN2O2. The predicted octanol–water partition coefficient (Wildman–Crippen LogP) is 1.02. The molecule has 0 aromatic carbocycles. The van der Waals surface area contributed by atoms with Crippen LogP contribution in [0.5, 0.6) is 0 Å². The molecule has 2 aliphatic heterocycles. The molecule has 2 rings (SSSR count). The number of hydrogen-bond donors (Lipinski definition) is 2. The third kappa shape index (κ3) is 2.96. The minimum Gasteiger partial charge on any atom is -0.479 e. The first-order chi connectivity index (χ1) is 8.12. The van der Waals surface area contributed by atoms with Crippen molar-refractivity contribution in [2.45, 2.75) is 43.8 Å². The molecule has 2 fully saturated rings. The monoisotopic (exact) mass is 244 g/mol. The molecule has 0 aliphatic carbocycles. The van der Waals surface area contributed by atoms with E-state index in [9.17, 15) is 9.18 Å². The normalized spacial score (nSPS) is 33.2. The van der Waals surface area contributed by atoms with Crippen LogP contribution in [0.4, 0.5) is 4.39 Å². The van der Waals surface area contributed by atoms with Gasteiger partial charge in [-0.25, -0.2) is 9.18 Å². The molecule has 98 valence electrons. The van der Waals surface area contributed by atoms with Gasteiger partial charge in [0.15, 0.2) is 0 Å². The summed E-state index contributed by atoms with van der Waals surface area (Å²) in [5.74, 6) is -1.29. The second kappa shape index (κ2) is 5.31. The Morgan fingerprint density at radius 1 is 1.29 bits per heavy atom. The first-order valence-corrected chi connectivity index (χ1v) is 6.49. The van der Waals surface area contributed by atoms with Crippen LogP contribution >= 0.6 is 0 Å². The van der Waals surface area contributed by atoms with Crippen molar-refractivity contribution in [3.05, 3.63) is 0 Å². The zero-order chi connectivity index (χ0) is 12.3. The van der Waals surface area contributed by atoms with Crippen molar-refractivity contribution < 1.29 is 14.3 Å². The van der Waals surface area contributed by atoms with Crippen molar-refractivity contribution in [2.24, 2.45) is 0 Å². The van der Waals surface area contributed by atoms with Crippen molar-refractivity contribution in [1.29, 1.82) is 0 Å². The van der Waals surface area contributed by atoms with Crippen LogP contribution in [0.15, 0.2) is 0 Å². The Morgan fingerprint density at radius 2 is 2.00 bits per heavy atom. The van der Waals surface area contributed by atoms with Gasteiger partial charge in [-0.05, 0) is 45.3 Å². The average Bonchev–Trinajstić information content (AvgIpc) is 2.54. The van der Waals surface area contributed by atoms with Crippen LogP contribution in [0.2, 0.25) is 0 Å². The third-order valence-corrected chi connectivity index (χ3v) is 4.02. The van der Waals surface area contributed by atoms with Gasteiger partial charge in [0.2, 0.25) is 5.67 Å². The van der Waals surface area contributed by atoms with Crippen molar-refractivity contribution in [1.82, 2.24) is 10.2 Å². The van der Waals surface area contributed by atoms with Gasteiger partial charge in [0, 0.05) is 19.0 Å². The standard InChI is InChI=1S/C12H21FN2O2/c13-12(11(16)17)4-1-8-15(9-5-12)10-2-6-14-7-3-10/h10,14H,1-9H2,(H,16,17). The highest BCUT2D eigenvalue weighted by Gasteiger charge is 2.40. The Morgan fingerprint density at radius 3 is 2.65 bits per heavy atom. The van der Waals surface area contributed by atoms with Gasteiger partial charge in [0.25, 0.3) is 0 Å². The number of hydrogen-bond acceptors (Lipinski definition) is 3. The molecular weight excluding hydrogens is 223 g/mol. The minimum atomic E-state index is -2.00. The molecule has 1 unspecified atom stereocenters. The van der Waals surface area contributed by atoms with Gasteiger partial charge < -0.3 is 15.3 Å². The maximum Gasteiger partial charge on any atom is 0.341 e. The molecule has 17 heavy (non-hydrogen) atoms. The summed E-state index contributed by atoms with van der Waals surface area (Å²) in [6.45, 7) is 3.44. The molecule has 2 heterocycles. The zero-order valence-electron chi connectivity index (χ0n) is 10.1. The van der Waals surface area contributed by atoms with E-state index in [1.807, 2.05) is 0 Å². The Balaban J connectivity index is 1.93. The lowest BCUT2D eigenvalue weighted by Gasteiger charge is -2.33. The summed E-state index contributed by atoms with van der Waals surface area (Å²) in [5, 5.41) is 12.2. The number of halogens is 1. The molecule has 0 aromatic heterocycles. The van der Waals surface area contributed by atoms with E-state index in [2.05, 4.69) is 10.2 Å². The quantitative estimate of drug-likeness (QED) is 0.761. The van der Waals surface area contributed by atoms with Crippen molar-refractivity contribution in [2.75, 3.05) is 26.2 Å². The third-order valence-electron chi connectivity index (χ3n) is 4.02. The highest BCUT2D eigenvalue weighted by molar-refractivity contribution is 5.77. The van der Waals surface area contributed by atoms with E-state index in [1.165, 1.54) is 0 Å². The second-order valence-electron chi connectivity index (χ2n) is 5.14. The topological polar surface area (TPSA) is 52.6 Å². The molecule has 2 aliphatic rings. The number of carboxylic acid groups (broad SMARTS) is 1. The Bertz CT molecular complexity index is 282. The number of piperidine rings is 1. The molecule has 2 saturated heterocycles. The van der Waals surface area contributed by atoms with Crippen molar-refractivity contribution in [3.63, 3.8) is 0 Å². The number of nitrogens with one attached hydrogen (secondary N) is 1. The molecule has 0 saturated carbocycles. The second-order valence-corrected chi connectivity index (χ2v) is 5.14. The van der Waals surface area contributed by atoms with E-state index >= 15 is 0 Å². The Labute approximate surface area is 101 Å². The minimum absolute atomic E-state index is 0.131. The van der Waals surface area contributed by atoms with Crippen LogP contribution in [0.25, 0.3) is 0 Å². The fourth-order valence-corrected chi connectivity index (χ4v) is 2.87. The molecule has 5 heteroatoms. The van der Waals surface area contributed by atoms with Crippen LogP contribution in [-0.4, -0.2) is 53.9 Å². The fraction of sp³-hybridized carbons (Fsp3) is 0.917. The summed E-state index contributed by atoms with van der Waals surface area (Å²) in [4.78, 5) is 13.2. The molecule has 4 nitrogen and oxygen atoms in total. The first kappa shape index (κ1) is 12.8. The maximum absolute atomic E-state index is 14.1. The molecule has 1 atom stereocenters. The van der Waals surface area contributed by atoms with Crippen molar-refractivity contribution in [3.8, 4) is 0 Å². The van der Waals surface area contributed by atoms with Gasteiger partial charge in [-0.2, -0.15) is 0 Å². The molecule has 0 spiro atoms. The molecule has 0 radical (unpaired) electrons. The highest BCUT2D eigenvalue weighted by atomic mass is 19.1. The summed E-state index contributed by atoms with van der Waals surface area (Å²) in [7, 11) is 0. The molecule has 0 aromatic rings. The summed E-state index contributed by atoms with van der Waals surface area (Å²) in [6.07, 6.45) is 3.11. The van der Waals surface area contributed by atoms with Gasteiger partial charge in [-0.15, -0.1) is 0 Å². The first-order valence-electron chi connectivity index (χ1n) is 6.49. The Kier molecular flexibility index (Phi) is 3.99. The number of likely N-dealkylation sites (tertiary alicyclic amines) is 1. The van der Waals surface area contributed by atoms with E-state index in [4.69, 9.17) is 5.11 Å². The van der Waals surface area contributed by atoms with E-state index in [0.29, 0.717) is 19.0 Å². The summed E-state index contributed by atoms with van der Waals surface area (Å²) >= 11 is 0. The van der Waals surface area contributed by atoms with Crippen LogP contribution in [-0.2, 0) is 4.79 Å². The van der Waals surface area contributed by atoms with Crippen LogP contribution in [0.3, 0.4) is 0 Å². The maximum atomic E-state index is 14.1. The number of carbonyl (C=O) groups is 1. The predicted molar refractivity (Wildman–Crippen MR) is 62.8 cm³/mol. The number of carboxylic acids is 1. The average molecular weight is 244 g/mol. The largest absolute Gasteiger partial charge is 0.479 e. The summed E-state index contributed by atoms with van der Waals surface area (Å²) in [5.41, 5.74) is -2.00. The number of nitrogens with zero attached hydrogens (tertiary/aromatic N) is 1. The van der Waals surface area contributed by atoms with E-state index in [1.54, 1.807) is 0 Å². The van der Waals surface area contributed by atoms with Gasteiger partial charge in [0.1, 0.15) is 0 Å². The van der Waals surface area contributed by atoms with Gasteiger partial charge in [-0.1, -0.05) is 0 Å².